The van der Waals surface area contributed by atoms with Crippen molar-refractivity contribution >= 4 is 54.6 Å². The molecule has 2 aliphatic rings. The summed E-state index contributed by atoms with van der Waals surface area (Å²) in [6.45, 7) is 0. The zero-order valence-electron chi connectivity index (χ0n) is 21.5. The molecular formula is C37H23NS2. The molecule has 2 heterocycles. The fourth-order valence-corrected chi connectivity index (χ4v) is 9.27. The van der Waals surface area contributed by atoms with Gasteiger partial charge >= 0.3 is 0 Å². The summed E-state index contributed by atoms with van der Waals surface area (Å²) in [4.78, 5) is 2.65. The Hall–Kier alpha value is -4.31. The van der Waals surface area contributed by atoms with Gasteiger partial charge in [0.05, 0.1) is 5.41 Å². The van der Waals surface area contributed by atoms with Crippen LogP contribution in [0.15, 0.2) is 143 Å². The van der Waals surface area contributed by atoms with E-state index in [9.17, 15) is 0 Å². The number of rotatable bonds is 2. The molecule has 6 aromatic carbocycles. The molecule has 0 unspecified atom stereocenters. The van der Waals surface area contributed by atoms with E-state index in [2.05, 4.69) is 139 Å². The van der Waals surface area contributed by atoms with Crippen molar-refractivity contribution in [3.8, 4) is 11.1 Å². The molecule has 188 valence electrons. The lowest BCUT2D eigenvalue weighted by Gasteiger charge is -2.40. The molecule has 1 spiro atoms. The van der Waals surface area contributed by atoms with Crippen LogP contribution in [-0.2, 0) is 5.41 Å². The lowest BCUT2D eigenvalue weighted by molar-refractivity contribution is 0.723. The van der Waals surface area contributed by atoms with Gasteiger partial charge in [0.1, 0.15) is 0 Å². The van der Waals surface area contributed by atoms with Crippen LogP contribution < -0.4 is 5.32 Å². The second-order valence-corrected chi connectivity index (χ2v) is 12.7. The SMILES string of the molecule is c1ccc2c(c1)Sc1ccc(Nc3cccc4sc5ccccc5c34)cc1C21c2ccccc2-c2ccccc21. The van der Waals surface area contributed by atoms with Gasteiger partial charge in [-0.1, -0.05) is 103 Å². The third-order valence-corrected chi connectivity index (χ3v) is 10.8. The summed E-state index contributed by atoms with van der Waals surface area (Å²) in [5, 5.41) is 6.46. The van der Waals surface area contributed by atoms with E-state index in [1.54, 1.807) is 0 Å². The van der Waals surface area contributed by atoms with E-state index in [1.807, 2.05) is 23.1 Å². The second kappa shape index (κ2) is 8.34. The maximum absolute atomic E-state index is 3.85. The molecule has 0 saturated heterocycles. The van der Waals surface area contributed by atoms with Crippen LogP contribution in [0.4, 0.5) is 11.4 Å². The zero-order chi connectivity index (χ0) is 26.3. The Labute approximate surface area is 241 Å². The van der Waals surface area contributed by atoms with Crippen molar-refractivity contribution < 1.29 is 0 Å². The van der Waals surface area contributed by atoms with Crippen LogP contribution in [0.25, 0.3) is 31.3 Å². The molecule has 3 heteroatoms. The third-order valence-electron chi connectivity index (χ3n) is 8.53. The molecule has 9 rings (SSSR count). The first kappa shape index (κ1) is 22.5. The zero-order valence-corrected chi connectivity index (χ0v) is 23.2. The molecule has 1 nitrogen and oxygen atoms in total. The minimum Gasteiger partial charge on any atom is -0.355 e. The topological polar surface area (TPSA) is 12.0 Å². The van der Waals surface area contributed by atoms with Gasteiger partial charge in [-0.3, -0.25) is 0 Å². The van der Waals surface area contributed by atoms with Crippen molar-refractivity contribution in [2.45, 2.75) is 15.2 Å². The van der Waals surface area contributed by atoms with Crippen LogP contribution in [0.5, 0.6) is 0 Å². The number of nitrogens with one attached hydrogen (secondary N) is 1. The van der Waals surface area contributed by atoms with Crippen LogP contribution in [0.2, 0.25) is 0 Å². The number of fused-ring (bicyclic) bond motifs is 12. The van der Waals surface area contributed by atoms with E-state index in [-0.39, 0.29) is 5.41 Å². The van der Waals surface area contributed by atoms with E-state index in [0.717, 1.165) is 11.4 Å². The van der Waals surface area contributed by atoms with Crippen molar-refractivity contribution in [3.05, 3.63) is 156 Å². The number of anilines is 2. The molecule has 0 amide bonds. The van der Waals surface area contributed by atoms with Gasteiger partial charge in [-0.2, -0.15) is 0 Å². The Balaban J connectivity index is 1.30. The Kier molecular flexibility index (Phi) is 4.69. The van der Waals surface area contributed by atoms with Gasteiger partial charge in [0, 0.05) is 41.3 Å². The van der Waals surface area contributed by atoms with Gasteiger partial charge in [0.2, 0.25) is 0 Å². The molecule has 1 aliphatic heterocycles. The molecule has 1 N–H and O–H groups in total. The highest BCUT2D eigenvalue weighted by Gasteiger charge is 2.50. The summed E-state index contributed by atoms with van der Waals surface area (Å²) in [6.07, 6.45) is 0. The third kappa shape index (κ3) is 2.94. The highest BCUT2D eigenvalue weighted by atomic mass is 32.2. The quantitative estimate of drug-likeness (QED) is 0.232. The monoisotopic (exact) mass is 545 g/mol. The van der Waals surface area contributed by atoms with Gasteiger partial charge < -0.3 is 5.32 Å². The molecule has 0 atom stereocenters. The number of thiophene rings is 1. The summed E-state index contributed by atoms with van der Waals surface area (Å²) >= 11 is 3.75. The smallest absolute Gasteiger partial charge is 0.0736 e. The normalized spacial score (nSPS) is 14.1. The lowest BCUT2D eigenvalue weighted by atomic mass is 9.67. The molecule has 40 heavy (non-hydrogen) atoms. The highest BCUT2D eigenvalue weighted by Crippen LogP contribution is 2.62. The molecule has 1 aromatic heterocycles. The molecule has 0 radical (unpaired) electrons. The summed E-state index contributed by atoms with van der Waals surface area (Å²) in [5.41, 5.74) is 10.0. The molecular weight excluding hydrogens is 523 g/mol. The van der Waals surface area contributed by atoms with E-state index >= 15 is 0 Å². The van der Waals surface area contributed by atoms with Crippen molar-refractivity contribution in [3.63, 3.8) is 0 Å². The van der Waals surface area contributed by atoms with Crippen molar-refractivity contribution in [2.24, 2.45) is 0 Å². The first-order valence-corrected chi connectivity index (χ1v) is 15.2. The minimum absolute atomic E-state index is 0.358. The largest absolute Gasteiger partial charge is 0.355 e. The maximum Gasteiger partial charge on any atom is 0.0736 e. The van der Waals surface area contributed by atoms with E-state index in [1.165, 1.54) is 63.3 Å². The highest BCUT2D eigenvalue weighted by molar-refractivity contribution is 7.99. The van der Waals surface area contributed by atoms with Gasteiger partial charge in [0.15, 0.2) is 0 Å². The first-order chi connectivity index (χ1) is 19.8. The average molecular weight is 546 g/mol. The van der Waals surface area contributed by atoms with Crippen LogP contribution in [0, 0.1) is 0 Å². The fourth-order valence-electron chi connectivity index (χ4n) is 6.97. The first-order valence-electron chi connectivity index (χ1n) is 13.6. The van der Waals surface area contributed by atoms with Crippen molar-refractivity contribution in [2.75, 3.05) is 5.32 Å². The standard InChI is InChI=1S/C37H23NS2/c1-4-13-27-24(10-1)25-11-2-5-14-28(25)37(27)29-15-6-8-18-33(29)40-34-21-20-23(22-30(34)37)38-31-16-9-19-35-36(31)26-12-3-7-17-32(26)39-35/h1-22,38H. The van der Waals surface area contributed by atoms with Crippen LogP contribution >= 0.6 is 23.1 Å². The predicted molar refractivity (Wildman–Crippen MR) is 170 cm³/mol. The second-order valence-electron chi connectivity index (χ2n) is 10.6. The van der Waals surface area contributed by atoms with Crippen LogP contribution in [-0.4, -0.2) is 0 Å². The van der Waals surface area contributed by atoms with E-state index in [4.69, 9.17) is 0 Å². The summed E-state index contributed by atoms with van der Waals surface area (Å²) in [6, 6.07) is 49.2. The average Bonchev–Trinajstić information content (AvgIpc) is 3.53. The molecule has 0 fully saturated rings. The minimum atomic E-state index is -0.358. The lowest BCUT2D eigenvalue weighted by Crippen LogP contribution is -2.32. The number of hydrogen-bond donors (Lipinski definition) is 1. The molecule has 0 saturated carbocycles. The van der Waals surface area contributed by atoms with E-state index < -0.39 is 0 Å². The van der Waals surface area contributed by atoms with Gasteiger partial charge in [-0.15, -0.1) is 11.3 Å². The maximum atomic E-state index is 3.85. The van der Waals surface area contributed by atoms with Gasteiger partial charge in [-0.05, 0) is 75.8 Å². The number of benzene rings is 6. The van der Waals surface area contributed by atoms with Gasteiger partial charge in [-0.25, -0.2) is 0 Å². The number of hydrogen-bond acceptors (Lipinski definition) is 3. The predicted octanol–water partition coefficient (Wildman–Crippen LogP) is 10.6. The Morgan fingerprint density at radius 3 is 1.98 bits per heavy atom. The molecule has 0 bridgehead atoms. The summed E-state index contributed by atoms with van der Waals surface area (Å²) in [7, 11) is 0. The van der Waals surface area contributed by atoms with Crippen LogP contribution in [0.1, 0.15) is 22.3 Å². The van der Waals surface area contributed by atoms with Gasteiger partial charge in [0.25, 0.3) is 0 Å². The Morgan fingerprint density at radius 1 is 0.500 bits per heavy atom. The van der Waals surface area contributed by atoms with E-state index in [0.29, 0.717) is 0 Å². The van der Waals surface area contributed by atoms with Crippen molar-refractivity contribution in [1.29, 1.82) is 0 Å². The van der Waals surface area contributed by atoms with Crippen LogP contribution in [0.3, 0.4) is 0 Å². The molecule has 1 aliphatic carbocycles. The Morgan fingerprint density at radius 2 is 1.15 bits per heavy atom. The fraction of sp³-hybridized carbons (Fsp3) is 0.0270. The Bertz CT molecular complexity index is 2090. The van der Waals surface area contributed by atoms with Crippen molar-refractivity contribution in [1.82, 2.24) is 0 Å². The molecule has 7 aromatic rings. The summed E-state index contributed by atoms with van der Waals surface area (Å²) in [5.74, 6) is 0. The summed E-state index contributed by atoms with van der Waals surface area (Å²) < 4.78 is 2.63.